The fraction of sp³-hybridized carbons (Fsp3) is 0.800. The Labute approximate surface area is 60.7 Å². The maximum Gasteiger partial charge on any atom is 0.362 e. The van der Waals surface area contributed by atoms with Crippen molar-refractivity contribution in [1.82, 2.24) is 0 Å². The highest BCUT2D eigenvalue weighted by Crippen LogP contribution is 2.49. The van der Waals surface area contributed by atoms with Gasteiger partial charge in [0.05, 0.1) is 13.2 Å². The Morgan fingerprint density at radius 3 is 2.00 bits per heavy atom. The molecule has 0 unspecified atom stereocenters. The van der Waals surface area contributed by atoms with Gasteiger partial charge in [0.15, 0.2) is 6.35 Å². The van der Waals surface area contributed by atoms with Crippen LogP contribution in [0.3, 0.4) is 0 Å². The monoisotopic (exact) mass is 167 g/mol. The molecule has 0 aliphatic heterocycles. The van der Waals surface area contributed by atoms with E-state index in [4.69, 9.17) is 5.11 Å². The lowest BCUT2D eigenvalue weighted by molar-refractivity contribution is 0.209. The first-order valence-corrected chi connectivity index (χ1v) is 4.67. The van der Waals surface area contributed by atoms with Crippen molar-refractivity contribution in [3.63, 3.8) is 0 Å². The molecule has 0 saturated heterocycles. The van der Waals surface area contributed by atoms with E-state index < -0.39 is 7.60 Å². The van der Waals surface area contributed by atoms with Gasteiger partial charge in [0, 0.05) is 0 Å². The molecular weight excluding hydrogens is 155 g/mol. The summed E-state index contributed by atoms with van der Waals surface area (Å²) in [4.78, 5) is 0. The van der Waals surface area contributed by atoms with E-state index in [0.717, 1.165) is 0 Å². The zero-order valence-electron chi connectivity index (χ0n) is 6.11. The minimum atomic E-state index is -3.27. The molecule has 0 rings (SSSR count). The van der Waals surface area contributed by atoms with Crippen LogP contribution in [0.1, 0.15) is 13.8 Å². The fourth-order valence-electron chi connectivity index (χ4n) is 0.464. The fourth-order valence-corrected chi connectivity index (χ4v) is 1.39. The second-order valence-electron chi connectivity index (χ2n) is 1.49. The topological polar surface area (TPSA) is 55.8 Å². The Morgan fingerprint density at radius 1 is 1.40 bits per heavy atom. The lowest BCUT2D eigenvalue weighted by Gasteiger charge is -2.12. The van der Waals surface area contributed by atoms with Crippen molar-refractivity contribution in [2.75, 3.05) is 13.2 Å². The van der Waals surface area contributed by atoms with E-state index in [1.54, 1.807) is 13.8 Å². The van der Waals surface area contributed by atoms with Crippen LogP contribution in [0.5, 0.6) is 0 Å². The molecule has 0 aromatic heterocycles. The molecule has 0 atom stereocenters. The van der Waals surface area contributed by atoms with Crippen molar-refractivity contribution < 1.29 is 18.7 Å². The third-order valence-corrected chi connectivity index (χ3v) is 2.28. The van der Waals surface area contributed by atoms with Gasteiger partial charge < -0.3 is 14.2 Å². The van der Waals surface area contributed by atoms with Gasteiger partial charge in [-0.05, 0) is 13.8 Å². The van der Waals surface area contributed by atoms with Crippen LogP contribution in [0.25, 0.3) is 0 Å². The molecule has 0 aliphatic carbocycles. The molecule has 4 nitrogen and oxygen atoms in total. The van der Waals surface area contributed by atoms with Crippen LogP contribution in [0.4, 0.5) is 0 Å². The highest BCUT2D eigenvalue weighted by Gasteiger charge is 2.22. The summed E-state index contributed by atoms with van der Waals surface area (Å²) in [5, 5.41) is 8.41. The smallest absolute Gasteiger partial charge is 0.362 e. The van der Waals surface area contributed by atoms with Gasteiger partial charge in [-0.1, -0.05) is 0 Å². The lowest BCUT2D eigenvalue weighted by atomic mass is 10.9. The van der Waals surface area contributed by atoms with Crippen LogP contribution in [0.15, 0.2) is 0 Å². The number of rotatable bonds is 5. The van der Waals surface area contributed by atoms with E-state index in [-0.39, 0.29) is 13.2 Å². The first-order chi connectivity index (χ1) is 4.68. The van der Waals surface area contributed by atoms with Gasteiger partial charge in [-0.25, -0.2) is 0 Å². The van der Waals surface area contributed by atoms with E-state index in [1.165, 1.54) is 0 Å². The molecule has 0 aliphatic rings. The molecule has 0 aromatic carbocycles. The Bertz CT molecular complexity index is 115. The largest absolute Gasteiger partial charge is 0.378 e. The minimum Gasteiger partial charge on any atom is -0.378 e. The Morgan fingerprint density at radius 2 is 1.80 bits per heavy atom. The number of hydrogen-bond acceptors (Lipinski definition) is 4. The summed E-state index contributed by atoms with van der Waals surface area (Å²) in [6.45, 7) is 3.87. The van der Waals surface area contributed by atoms with Crippen LogP contribution >= 0.6 is 7.60 Å². The van der Waals surface area contributed by atoms with Crippen molar-refractivity contribution in [3.05, 3.63) is 6.35 Å². The zero-order chi connectivity index (χ0) is 8.04. The van der Waals surface area contributed by atoms with Gasteiger partial charge >= 0.3 is 7.60 Å². The van der Waals surface area contributed by atoms with Gasteiger partial charge in [-0.2, -0.15) is 0 Å². The minimum absolute atomic E-state index is 0.258. The lowest BCUT2D eigenvalue weighted by Crippen LogP contribution is -1.95. The van der Waals surface area contributed by atoms with Crippen LogP contribution in [0.2, 0.25) is 0 Å². The maximum atomic E-state index is 11.0. The van der Waals surface area contributed by atoms with E-state index in [9.17, 15) is 4.57 Å². The van der Waals surface area contributed by atoms with E-state index in [2.05, 4.69) is 9.05 Å². The van der Waals surface area contributed by atoms with E-state index in [0.29, 0.717) is 6.35 Å². The van der Waals surface area contributed by atoms with Gasteiger partial charge in [-0.15, -0.1) is 0 Å². The summed E-state index contributed by atoms with van der Waals surface area (Å²) in [6, 6.07) is 0. The summed E-state index contributed by atoms with van der Waals surface area (Å²) >= 11 is 0. The van der Waals surface area contributed by atoms with Crippen molar-refractivity contribution in [1.29, 1.82) is 0 Å². The summed E-state index contributed by atoms with van der Waals surface area (Å²) in [7, 11) is -3.27. The number of hydrogen-bond donors (Lipinski definition) is 1. The molecule has 0 heterocycles. The molecule has 0 bridgehead atoms. The molecule has 61 valence electrons. The zero-order valence-corrected chi connectivity index (χ0v) is 7.01. The molecule has 10 heavy (non-hydrogen) atoms. The molecule has 0 spiro atoms. The third kappa shape index (κ3) is 3.32. The highest BCUT2D eigenvalue weighted by atomic mass is 31.2. The summed E-state index contributed by atoms with van der Waals surface area (Å²) < 4.78 is 20.3. The van der Waals surface area contributed by atoms with Crippen molar-refractivity contribution >= 4 is 7.60 Å². The van der Waals surface area contributed by atoms with Crippen LogP contribution in [0, 0.1) is 6.35 Å². The van der Waals surface area contributed by atoms with Gasteiger partial charge in [0.1, 0.15) is 0 Å². The molecule has 0 amide bonds. The van der Waals surface area contributed by atoms with E-state index >= 15 is 0 Å². The summed E-state index contributed by atoms with van der Waals surface area (Å²) in [5.41, 5.74) is 0. The van der Waals surface area contributed by atoms with Gasteiger partial charge in [0.25, 0.3) is 0 Å². The summed E-state index contributed by atoms with van der Waals surface area (Å²) in [6.07, 6.45) is 0.472. The van der Waals surface area contributed by atoms with Crippen LogP contribution < -0.4 is 0 Å². The molecule has 1 radical (unpaired) electrons. The Hall–Kier alpha value is 0.110. The quantitative estimate of drug-likeness (QED) is 0.633. The average molecular weight is 167 g/mol. The van der Waals surface area contributed by atoms with Crippen LogP contribution in [-0.2, 0) is 13.6 Å². The second kappa shape index (κ2) is 4.85. The maximum absolute atomic E-state index is 11.0. The predicted octanol–water partition coefficient (Wildman–Crippen LogP) is 1.74. The molecular formula is C5H12O4P. The Balaban J connectivity index is 3.83. The normalized spacial score (nSPS) is 11.9. The second-order valence-corrected chi connectivity index (χ2v) is 3.32. The molecule has 1 N–H and O–H groups in total. The van der Waals surface area contributed by atoms with E-state index in [1.807, 2.05) is 0 Å². The molecule has 0 fully saturated rings. The highest BCUT2D eigenvalue weighted by molar-refractivity contribution is 7.55. The number of aliphatic hydroxyl groups is 1. The molecule has 5 heteroatoms. The average Bonchev–Trinajstić information content (AvgIpc) is 1.89. The van der Waals surface area contributed by atoms with Crippen molar-refractivity contribution in [3.8, 4) is 0 Å². The third-order valence-electron chi connectivity index (χ3n) is 0.760. The van der Waals surface area contributed by atoms with Gasteiger partial charge in [0.2, 0.25) is 0 Å². The Kier molecular flexibility index (Phi) is 4.91. The SMILES string of the molecule is CCOP(=O)([CH]O)OCC. The van der Waals surface area contributed by atoms with Gasteiger partial charge in [-0.3, -0.25) is 4.57 Å². The first kappa shape index (κ1) is 10.1. The molecule has 0 saturated carbocycles. The molecule has 0 aromatic rings. The standard InChI is InChI=1S/C5H12O4P/c1-3-8-10(7,5-6)9-4-2/h5-6H,3-4H2,1-2H3. The first-order valence-electron chi connectivity index (χ1n) is 3.06. The van der Waals surface area contributed by atoms with Crippen LogP contribution in [-0.4, -0.2) is 18.3 Å². The predicted molar refractivity (Wildman–Crippen MR) is 37.1 cm³/mol. The summed E-state index contributed by atoms with van der Waals surface area (Å²) in [5.74, 6) is 0. The van der Waals surface area contributed by atoms with Crippen molar-refractivity contribution in [2.24, 2.45) is 0 Å². The van der Waals surface area contributed by atoms with Crippen molar-refractivity contribution in [2.45, 2.75) is 13.8 Å². The number of aliphatic hydroxyl groups excluding tert-OH is 1.